The van der Waals surface area contributed by atoms with E-state index in [1.807, 2.05) is 30.3 Å². The number of rotatable bonds is 6. The van der Waals surface area contributed by atoms with E-state index >= 15 is 0 Å². The number of hydrogen-bond donors (Lipinski definition) is 1. The third-order valence-corrected chi connectivity index (χ3v) is 3.80. The second-order valence-corrected chi connectivity index (χ2v) is 5.68. The van der Waals surface area contributed by atoms with E-state index in [4.69, 9.17) is 9.84 Å². The van der Waals surface area contributed by atoms with Crippen LogP contribution in [-0.4, -0.2) is 11.1 Å². The molecule has 0 unspecified atom stereocenters. The highest BCUT2D eigenvalue weighted by molar-refractivity contribution is 5.74. The molecule has 0 fully saturated rings. The van der Waals surface area contributed by atoms with Crippen molar-refractivity contribution >= 4 is 5.97 Å². The van der Waals surface area contributed by atoms with Crippen molar-refractivity contribution in [2.75, 3.05) is 0 Å². The summed E-state index contributed by atoms with van der Waals surface area (Å²) in [5.74, 6) is -0.756. The van der Waals surface area contributed by atoms with Gasteiger partial charge in [-0.15, -0.1) is 0 Å². The molecule has 0 aliphatic carbocycles. The van der Waals surface area contributed by atoms with Crippen LogP contribution in [0.1, 0.15) is 11.1 Å². The summed E-state index contributed by atoms with van der Waals surface area (Å²) in [4.78, 5) is 11.2. The Bertz CT molecular complexity index is 875. The molecule has 0 aliphatic rings. The number of carboxylic acids is 1. The molecule has 0 aliphatic heterocycles. The maximum Gasteiger partial charge on any atom is 0.307 e. The van der Waals surface area contributed by atoms with Crippen molar-refractivity contribution in [2.24, 2.45) is 0 Å². The first-order valence-electron chi connectivity index (χ1n) is 7.89. The van der Waals surface area contributed by atoms with Crippen LogP contribution in [-0.2, 0) is 17.8 Å². The van der Waals surface area contributed by atoms with Crippen LogP contribution in [0.4, 0.5) is 4.39 Å². The Morgan fingerprint density at radius 1 is 0.920 bits per heavy atom. The van der Waals surface area contributed by atoms with E-state index < -0.39 is 5.97 Å². The highest BCUT2D eigenvalue weighted by atomic mass is 19.1. The molecule has 3 nitrogen and oxygen atoms in total. The molecule has 0 saturated carbocycles. The minimum absolute atomic E-state index is 0.159. The molecular formula is C21H17FO3. The van der Waals surface area contributed by atoms with Gasteiger partial charge < -0.3 is 9.84 Å². The maximum absolute atomic E-state index is 13.4. The van der Waals surface area contributed by atoms with Gasteiger partial charge in [-0.3, -0.25) is 4.79 Å². The van der Waals surface area contributed by atoms with Gasteiger partial charge >= 0.3 is 5.97 Å². The number of hydrogen-bond acceptors (Lipinski definition) is 2. The summed E-state index contributed by atoms with van der Waals surface area (Å²) in [6.45, 7) is 0.354. The van der Waals surface area contributed by atoms with Gasteiger partial charge in [0.25, 0.3) is 0 Å². The molecule has 4 heteroatoms. The lowest BCUT2D eigenvalue weighted by Crippen LogP contribution is -2.04. The van der Waals surface area contributed by atoms with E-state index in [1.54, 1.807) is 30.3 Å². The second kappa shape index (κ2) is 7.62. The summed E-state index contributed by atoms with van der Waals surface area (Å²) < 4.78 is 19.2. The van der Waals surface area contributed by atoms with E-state index in [2.05, 4.69) is 0 Å². The molecule has 0 radical (unpaired) electrons. The molecule has 0 bridgehead atoms. The van der Waals surface area contributed by atoms with E-state index in [0.29, 0.717) is 23.5 Å². The van der Waals surface area contributed by atoms with Crippen molar-refractivity contribution in [3.05, 3.63) is 89.7 Å². The first-order chi connectivity index (χ1) is 12.1. The zero-order chi connectivity index (χ0) is 17.6. The summed E-state index contributed by atoms with van der Waals surface area (Å²) >= 11 is 0. The Hall–Kier alpha value is -3.14. The van der Waals surface area contributed by atoms with Crippen LogP contribution in [0.5, 0.6) is 5.75 Å². The van der Waals surface area contributed by atoms with Gasteiger partial charge in [-0.05, 0) is 41.0 Å². The summed E-state index contributed by atoms with van der Waals surface area (Å²) in [5.41, 5.74) is 3.01. The number of carbonyl (C=O) groups is 1. The average Bonchev–Trinajstić information content (AvgIpc) is 2.61. The molecule has 0 aromatic heterocycles. The Balaban J connectivity index is 1.88. The standard InChI is InChI=1S/C21H17FO3/c22-19-8-4-7-16(12-19)17-9-10-20(18(11-17)13-21(23)24)25-14-15-5-2-1-3-6-15/h1-12H,13-14H2,(H,23,24). The molecule has 1 N–H and O–H groups in total. The van der Waals surface area contributed by atoms with Crippen LogP contribution in [0.25, 0.3) is 11.1 Å². The average molecular weight is 336 g/mol. The summed E-state index contributed by atoms with van der Waals surface area (Å²) in [6, 6.07) is 21.1. The van der Waals surface area contributed by atoms with Crippen LogP contribution >= 0.6 is 0 Å². The van der Waals surface area contributed by atoms with Gasteiger partial charge in [-0.2, -0.15) is 0 Å². The largest absolute Gasteiger partial charge is 0.489 e. The van der Waals surface area contributed by atoms with Gasteiger partial charge in [0.15, 0.2) is 0 Å². The van der Waals surface area contributed by atoms with Crippen molar-refractivity contribution < 1.29 is 19.0 Å². The molecule has 3 rings (SSSR count). The first kappa shape index (κ1) is 16.7. The number of ether oxygens (including phenoxy) is 1. The first-order valence-corrected chi connectivity index (χ1v) is 7.89. The maximum atomic E-state index is 13.4. The molecule has 0 spiro atoms. The molecule has 0 heterocycles. The highest BCUT2D eigenvalue weighted by Crippen LogP contribution is 2.28. The molecule has 0 amide bonds. The lowest BCUT2D eigenvalue weighted by molar-refractivity contribution is -0.136. The van der Waals surface area contributed by atoms with E-state index in [0.717, 1.165) is 11.1 Å². The fraction of sp³-hybridized carbons (Fsp3) is 0.0952. The number of benzene rings is 3. The van der Waals surface area contributed by atoms with Gasteiger partial charge in [0.05, 0.1) is 6.42 Å². The third-order valence-electron chi connectivity index (χ3n) is 3.80. The van der Waals surface area contributed by atoms with Crippen molar-refractivity contribution in [3.8, 4) is 16.9 Å². The third kappa shape index (κ3) is 4.44. The zero-order valence-electron chi connectivity index (χ0n) is 13.5. The zero-order valence-corrected chi connectivity index (χ0v) is 13.5. The summed E-state index contributed by atoms with van der Waals surface area (Å²) in [5, 5.41) is 9.17. The van der Waals surface area contributed by atoms with Gasteiger partial charge in [0.1, 0.15) is 18.2 Å². The number of carboxylic acid groups (broad SMARTS) is 1. The Morgan fingerprint density at radius 2 is 1.68 bits per heavy atom. The van der Waals surface area contributed by atoms with Crippen LogP contribution < -0.4 is 4.74 Å². The summed E-state index contributed by atoms with van der Waals surface area (Å²) in [6.07, 6.45) is -0.159. The topological polar surface area (TPSA) is 46.5 Å². The smallest absolute Gasteiger partial charge is 0.307 e. The Morgan fingerprint density at radius 3 is 2.40 bits per heavy atom. The number of aliphatic carboxylic acids is 1. The fourth-order valence-corrected chi connectivity index (χ4v) is 2.60. The molecule has 3 aromatic rings. The van der Waals surface area contributed by atoms with Crippen LogP contribution in [0, 0.1) is 5.82 Å². The van der Waals surface area contributed by atoms with Gasteiger partial charge in [0, 0.05) is 5.56 Å². The van der Waals surface area contributed by atoms with E-state index in [9.17, 15) is 9.18 Å². The van der Waals surface area contributed by atoms with Crippen LogP contribution in [0.2, 0.25) is 0 Å². The fourth-order valence-electron chi connectivity index (χ4n) is 2.60. The molecule has 0 atom stereocenters. The molecule has 3 aromatic carbocycles. The monoisotopic (exact) mass is 336 g/mol. The molecule has 0 saturated heterocycles. The number of halogens is 1. The predicted octanol–water partition coefficient (Wildman–Crippen LogP) is 4.70. The summed E-state index contributed by atoms with van der Waals surface area (Å²) in [7, 11) is 0. The lowest BCUT2D eigenvalue weighted by atomic mass is 10.0. The normalized spacial score (nSPS) is 10.4. The van der Waals surface area contributed by atoms with E-state index in [1.165, 1.54) is 12.1 Å². The second-order valence-electron chi connectivity index (χ2n) is 5.68. The van der Waals surface area contributed by atoms with Gasteiger partial charge in [-0.1, -0.05) is 48.5 Å². The van der Waals surface area contributed by atoms with Crippen molar-refractivity contribution in [2.45, 2.75) is 13.0 Å². The molecule has 126 valence electrons. The minimum atomic E-state index is -0.944. The van der Waals surface area contributed by atoms with Crippen LogP contribution in [0.15, 0.2) is 72.8 Å². The van der Waals surface area contributed by atoms with Crippen molar-refractivity contribution in [1.29, 1.82) is 0 Å². The van der Waals surface area contributed by atoms with Gasteiger partial charge in [-0.25, -0.2) is 4.39 Å². The SMILES string of the molecule is O=C(O)Cc1cc(-c2cccc(F)c2)ccc1OCc1ccccc1. The lowest BCUT2D eigenvalue weighted by Gasteiger charge is -2.13. The van der Waals surface area contributed by atoms with Crippen molar-refractivity contribution in [1.82, 2.24) is 0 Å². The Kier molecular flexibility index (Phi) is 5.09. The van der Waals surface area contributed by atoms with E-state index in [-0.39, 0.29) is 12.2 Å². The van der Waals surface area contributed by atoms with Crippen molar-refractivity contribution in [3.63, 3.8) is 0 Å². The Labute approximate surface area is 145 Å². The molecular weight excluding hydrogens is 319 g/mol. The minimum Gasteiger partial charge on any atom is -0.489 e. The van der Waals surface area contributed by atoms with Gasteiger partial charge in [0.2, 0.25) is 0 Å². The highest BCUT2D eigenvalue weighted by Gasteiger charge is 2.11. The quantitative estimate of drug-likeness (QED) is 0.710. The predicted molar refractivity (Wildman–Crippen MR) is 93.9 cm³/mol. The van der Waals surface area contributed by atoms with Crippen LogP contribution in [0.3, 0.4) is 0 Å². The molecule has 25 heavy (non-hydrogen) atoms.